The van der Waals surface area contributed by atoms with Crippen molar-refractivity contribution >= 4 is 44.7 Å². The van der Waals surface area contributed by atoms with Crippen LogP contribution in [-0.2, 0) is 0 Å². The Morgan fingerprint density at radius 3 is 2.51 bits per heavy atom. The minimum Gasteiger partial charge on any atom is -0.368 e. The molecule has 0 bridgehead atoms. The number of hydrogen-bond donors (Lipinski definition) is 2. The van der Waals surface area contributed by atoms with Crippen molar-refractivity contribution in [2.75, 3.05) is 49.5 Å². The second-order valence-corrected chi connectivity index (χ2v) is 11.1. The van der Waals surface area contributed by atoms with Crippen LogP contribution >= 0.6 is 11.3 Å². The molecule has 184 valence electrons. The molecule has 6 rings (SSSR count). The molecule has 7 nitrogen and oxygen atoms in total. The molecule has 2 N–H and O–H groups in total. The van der Waals surface area contributed by atoms with Crippen LogP contribution < -0.4 is 15.5 Å². The molecule has 0 aromatic carbocycles. The van der Waals surface area contributed by atoms with Gasteiger partial charge in [-0.25, -0.2) is 9.97 Å². The molecule has 1 aliphatic heterocycles. The average Bonchev–Trinajstić information content (AvgIpc) is 3.32. The molecule has 2 aliphatic carbocycles. The number of aromatic nitrogens is 2. The van der Waals surface area contributed by atoms with Crippen LogP contribution in [0, 0.1) is 11.8 Å². The van der Waals surface area contributed by atoms with E-state index in [1.165, 1.54) is 30.2 Å². The van der Waals surface area contributed by atoms with Crippen LogP contribution in [0.25, 0.3) is 10.1 Å². The highest BCUT2D eigenvalue weighted by Gasteiger charge is 2.47. The molecule has 3 aliphatic rings. The lowest BCUT2D eigenvalue weighted by Crippen LogP contribution is -2.43. The lowest BCUT2D eigenvalue weighted by Gasteiger charge is -2.29. The number of piperazine rings is 1. The van der Waals surface area contributed by atoms with Crippen molar-refractivity contribution in [2.24, 2.45) is 11.8 Å². The quantitative estimate of drug-likeness (QED) is 0.494. The van der Waals surface area contributed by atoms with E-state index in [0.29, 0.717) is 5.92 Å². The first kappa shape index (κ1) is 22.7. The van der Waals surface area contributed by atoms with Crippen molar-refractivity contribution in [1.82, 2.24) is 20.2 Å². The topological polar surface area (TPSA) is 73.4 Å². The normalized spacial score (nSPS) is 23.4. The van der Waals surface area contributed by atoms with E-state index in [4.69, 9.17) is 0 Å². The number of thiophene rings is 1. The maximum atomic E-state index is 13.5. The maximum Gasteiger partial charge on any atom is 0.264 e. The van der Waals surface area contributed by atoms with Crippen molar-refractivity contribution in [2.45, 2.75) is 39.0 Å². The Bertz CT molecular complexity index is 1200. The SMILES string of the molecule is CCN(CC)C(=O)c1sc2cnc(Nc3ccc(N4CCNCC4)cn3)cc2c1C1CC2CC2C1. The summed E-state index contributed by atoms with van der Waals surface area (Å²) >= 11 is 1.62. The second-order valence-electron chi connectivity index (χ2n) is 10.1. The summed E-state index contributed by atoms with van der Waals surface area (Å²) in [6.45, 7) is 9.62. The number of rotatable bonds is 7. The van der Waals surface area contributed by atoms with Gasteiger partial charge >= 0.3 is 0 Å². The number of amides is 1. The molecule has 8 heteroatoms. The van der Waals surface area contributed by atoms with E-state index in [1.807, 2.05) is 23.4 Å². The number of nitrogens with one attached hydrogen (secondary N) is 2. The van der Waals surface area contributed by atoms with Crippen molar-refractivity contribution in [1.29, 1.82) is 0 Å². The summed E-state index contributed by atoms with van der Waals surface area (Å²) in [7, 11) is 0. The van der Waals surface area contributed by atoms with Crippen LogP contribution in [0.4, 0.5) is 17.3 Å². The summed E-state index contributed by atoms with van der Waals surface area (Å²) in [5.41, 5.74) is 2.42. The molecule has 3 aromatic rings. The van der Waals surface area contributed by atoms with Crippen molar-refractivity contribution in [3.63, 3.8) is 0 Å². The Labute approximate surface area is 210 Å². The van der Waals surface area contributed by atoms with Gasteiger partial charge in [-0.2, -0.15) is 0 Å². The fourth-order valence-electron chi connectivity index (χ4n) is 5.96. The summed E-state index contributed by atoms with van der Waals surface area (Å²) < 4.78 is 1.10. The van der Waals surface area contributed by atoms with E-state index in [-0.39, 0.29) is 5.91 Å². The van der Waals surface area contributed by atoms with Crippen molar-refractivity contribution in [3.05, 3.63) is 41.0 Å². The van der Waals surface area contributed by atoms with Gasteiger partial charge in [0.05, 0.1) is 21.5 Å². The molecule has 0 radical (unpaired) electrons. The summed E-state index contributed by atoms with van der Waals surface area (Å²) in [6, 6.07) is 6.29. The summed E-state index contributed by atoms with van der Waals surface area (Å²) in [6.07, 6.45) is 7.68. The van der Waals surface area contributed by atoms with E-state index in [1.54, 1.807) is 11.3 Å². The van der Waals surface area contributed by atoms with Gasteiger partial charge in [-0.15, -0.1) is 11.3 Å². The first-order valence-electron chi connectivity index (χ1n) is 13.0. The van der Waals surface area contributed by atoms with Gasteiger partial charge in [0.2, 0.25) is 0 Å². The maximum absolute atomic E-state index is 13.5. The van der Waals surface area contributed by atoms with Crippen molar-refractivity contribution in [3.8, 4) is 0 Å². The molecule has 1 saturated heterocycles. The molecule has 35 heavy (non-hydrogen) atoms. The van der Waals surface area contributed by atoms with E-state index in [2.05, 4.69) is 51.5 Å². The Balaban J connectivity index is 1.30. The first-order valence-corrected chi connectivity index (χ1v) is 13.9. The van der Waals surface area contributed by atoms with Gasteiger partial charge in [-0.05, 0) is 74.6 Å². The highest BCUT2D eigenvalue weighted by Crippen LogP contribution is 2.59. The van der Waals surface area contributed by atoms with Gasteiger partial charge in [-0.3, -0.25) is 4.79 Å². The monoisotopic (exact) mass is 490 g/mol. The molecule has 1 amide bonds. The van der Waals surface area contributed by atoms with Gasteiger partial charge in [0.1, 0.15) is 11.6 Å². The number of anilines is 3. The third-order valence-electron chi connectivity index (χ3n) is 8.00. The molecular weight excluding hydrogens is 456 g/mol. The third-order valence-corrected chi connectivity index (χ3v) is 9.14. The number of carbonyl (C=O) groups is 1. The summed E-state index contributed by atoms with van der Waals surface area (Å²) in [5.74, 6) is 3.95. The Kier molecular flexibility index (Phi) is 6.10. The number of pyridine rings is 2. The highest BCUT2D eigenvalue weighted by atomic mass is 32.1. The van der Waals surface area contributed by atoms with E-state index >= 15 is 0 Å². The molecule has 3 aromatic heterocycles. The number of carbonyl (C=O) groups excluding carboxylic acids is 1. The minimum atomic E-state index is 0.173. The molecule has 0 spiro atoms. The Morgan fingerprint density at radius 2 is 1.83 bits per heavy atom. The zero-order chi connectivity index (χ0) is 23.9. The van der Waals surface area contributed by atoms with Crippen LogP contribution in [0.5, 0.6) is 0 Å². The highest BCUT2D eigenvalue weighted by molar-refractivity contribution is 7.21. The second kappa shape index (κ2) is 9.39. The lowest BCUT2D eigenvalue weighted by molar-refractivity contribution is 0.0776. The average molecular weight is 491 g/mol. The lowest BCUT2D eigenvalue weighted by atomic mass is 9.91. The van der Waals surface area contributed by atoms with E-state index < -0.39 is 0 Å². The Hall–Kier alpha value is -2.71. The predicted molar refractivity (Wildman–Crippen MR) is 143 cm³/mol. The molecule has 2 unspecified atom stereocenters. The number of fused-ring (bicyclic) bond motifs is 2. The molecule has 2 atom stereocenters. The third kappa shape index (κ3) is 4.38. The van der Waals surface area contributed by atoms with Crippen LogP contribution in [0.3, 0.4) is 0 Å². The van der Waals surface area contributed by atoms with Gasteiger partial charge in [0.15, 0.2) is 0 Å². The Morgan fingerprint density at radius 1 is 1.09 bits per heavy atom. The molecule has 2 saturated carbocycles. The van der Waals surface area contributed by atoms with Gasteiger partial charge in [-0.1, -0.05) is 0 Å². The first-order chi connectivity index (χ1) is 17.1. The standard InChI is InChI=1S/C27H34N6OS/c1-3-32(4-2)27(34)26-25(19-12-17-11-18(17)13-19)21-14-24(30-16-22(21)35-26)31-23-6-5-20(15-29-23)33-9-7-28-8-10-33/h5-6,14-19,28H,3-4,7-13H2,1-2H3,(H,29,30,31). The zero-order valence-corrected chi connectivity index (χ0v) is 21.4. The smallest absolute Gasteiger partial charge is 0.264 e. The molecule has 4 heterocycles. The van der Waals surface area contributed by atoms with E-state index in [9.17, 15) is 4.79 Å². The van der Waals surface area contributed by atoms with Crippen LogP contribution in [0.2, 0.25) is 0 Å². The zero-order valence-electron chi connectivity index (χ0n) is 20.6. The van der Waals surface area contributed by atoms with Crippen LogP contribution in [0.15, 0.2) is 30.6 Å². The van der Waals surface area contributed by atoms with Crippen molar-refractivity contribution < 1.29 is 4.79 Å². The molecule has 3 fully saturated rings. The van der Waals surface area contributed by atoms with Crippen LogP contribution in [0.1, 0.15) is 54.3 Å². The summed E-state index contributed by atoms with van der Waals surface area (Å²) in [4.78, 5) is 28.0. The predicted octanol–water partition coefficient (Wildman–Crippen LogP) is 4.84. The number of hydrogen-bond acceptors (Lipinski definition) is 7. The number of nitrogens with zero attached hydrogens (tertiary/aromatic N) is 4. The van der Waals surface area contributed by atoms with Gasteiger partial charge in [0.25, 0.3) is 5.91 Å². The largest absolute Gasteiger partial charge is 0.368 e. The fourth-order valence-corrected chi connectivity index (χ4v) is 7.17. The van der Waals surface area contributed by atoms with Gasteiger partial charge < -0.3 is 20.4 Å². The fraction of sp³-hybridized carbons (Fsp3) is 0.519. The molecular formula is C27H34N6OS. The van der Waals surface area contributed by atoms with E-state index in [0.717, 1.165) is 78.0 Å². The van der Waals surface area contributed by atoms with Gasteiger partial charge in [0, 0.05) is 50.9 Å². The minimum absolute atomic E-state index is 0.173. The van der Waals surface area contributed by atoms with Crippen LogP contribution in [-0.4, -0.2) is 60.0 Å². The summed E-state index contributed by atoms with van der Waals surface area (Å²) in [5, 5.41) is 7.98.